The number of aromatic nitrogens is 2. The van der Waals surface area contributed by atoms with E-state index in [1.54, 1.807) is 32.2 Å². The molecule has 1 aliphatic carbocycles. The molecule has 1 unspecified atom stereocenters. The first kappa shape index (κ1) is 21.2. The van der Waals surface area contributed by atoms with Gasteiger partial charge in [0.1, 0.15) is 16.3 Å². The third kappa shape index (κ3) is 3.85. The maximum absolute atomic E-state index is 13.4. The summed E-state index contributed by atoms with van der Waals surface area (Å²) in [6.45, 7) is 2.17. The molecule has 2 aromatic heterocycles. The average molecular weight is 445 g/mol. The fourth-order valence-corrected chi connectivity index (χ4v) is 5.27. The van der Waals surface area contributed by atoms with E-state index < -0.39 is 5.69 Å². The van der Waals surface area contributed by atoms with Gasteiger partial charge in [-0.05, 0) is 43.9 Å². The van der Waals surface area contributed by atoms with Crippen LogP contribution in [0.15, 0.2) is 27.8 Å². The van der Waals surface area contributed by atoms with Crippen LogP contribution in [0.25, 0.3) is 10.2 Å². The molecule has 0 bridgehead atoms. The fraction of sp³-hybridized carbons (Fsp3) is 0.409. The lowest BCUT2D eigenvalue weighted by atomic mass is 9.87. The maximum Gasteiger partial charge on any atom is 0.329 e. The summed E-state index contributed by atoms with van der Waals surface area (Å²) in [6, 6.07) is 5.24. The number of hydrogen-bond donors (Lipinski definition) is 1. The smallest absolute Gasteiger partial charge is 0.329 e. The number of fused-ring (bicyclic) bond motifs is 3. The average Bonchev–Trinajstić information content (AvgIpc) is 3.14. The van der Waals surface area contributed by atoms with Crippen LogP contribution in [0.1, 0.15) is 29.3 Å². The Balaban J connectivity index is 1.77. The SMILES string of the molecule is CCOC(=O)C1CCc2sc3[nH]c(=O)n(Cc4ccc(OC)cc4OC)c(=O)c3c2C1. The van der Waals surface area contributed by atoms with Crippen molar-refractivity contribution in [3.05, 3.63) is 55.0 Å². The minimum atomic E-state index is -0.476. The fourth-order valence-electron chi connectivity index (χ4n) is 4.05. The van der Waals surface area contributed by atoms with E-state index in [0.717, 1.165) is 10.4 Å². The molecule has 1 aliphatic rings. The quantitative estimate of drug-likeness (QED) is 0.587. The summed E-state index contributed by atoms with van der Waals surface area (Å²) >= 11 is 1.42. The van der Waals surface area contributed by atoms with Crippen LogP contribution in [0.5, 0.6) is 11.5 Å². The highest BCUT2D eigenvalue weighted by Crippen LogP contribution is 2.36. The summed E-state index contributed by atoms with van der Waals surface area (Å²) in [5, 5.41) is 0.487. The van der Waals surface area contributed by atoms with Gasteiger partial charge in [0, 0.05) is 16.5 Å². The number of methoxy groups -OCH3 is 2. The second-order valence-electron chi connectivity index (χ2n) is 7.40. The number of aromatic amines is 1. The third-order valence-corrected chi connectivity index (χ3v) is 6.84. The zero-order valence-corrected chi connectivity index (χ0v) is 18.5. The number of rotatable bonds is 6. The van der Waals surface area contributed by atoms with Crippen molar-refractivity contribution in [3.8, 4) is 11.5 Å². The van der Waals surface area contributed by atoms with Crippen molar-refractivity contribution in [2.75, 3.05) is 20.8 Å². The first-order valence-electron chi connectivity index (χ1n) is 10.1. The molecule has 0 amide bonds. The van der Waals surface area contributed by atoms with E-state index in [1.165, 1.54) is 23.0 Å². The Morgan fingerprint density at radius 1 is 1.26 bits per heavy atom. The number of ether oxygens (including phenoxy) is 3. The molecule has 9 heteroatoms. The van der Waals surface area contributed by atoms with E-state index in [4.69, 9.17) is 14.2 Å². The standard InChI is InChI=1S/C22H24N2O6S/c1-4-30-21(26)12-6-8-17-15(9-12)18-19(31-17)23-22(27)24(20(18)25)11-13-5-7-14(28-2)10-16(13)29-3/h5,7,10,12H,4,6,8-9,11H2,1-3H3,(H,23,27). The number of benzene rings is 1. The van der Waals surface area contributed by atoms with Crippen molar-refractivity contribution in [1.29, 1.82) is 0 Å². The Labute approximate surface area is 182 Å². The lowest BCUT2D eigenvalue weighted by Gasteiger charge is -2.20. The van der Waals surface area contributed by atoms with Crippen LogP contribution in [0, 0.1) is 5.92 Å². The molecule has 2 heterocycles. The van der Waals surface area contributed by atoms with Crippen LogP contribution in [0.3, 0.4) is 0 Å². The van der Waals surface area contributed by atoms with Gasteiger partial charge in [-0.25, -0.2) is 4.79 Å². The van der Waals surface area contributed by atoms with Crippen LogP contribution in [0.4, 0.5) is 0 Å². The van der Waals surface area contributed by atoms with Crippen molar-refractivity contribution in [3.63, 3.8) is 0 Å². The van der Waals surface area contributed by atoms with Gasteiger partial charge in [0.15, 0.2) is 0 Å². The van der Waals surface area contributed by atoms with Crippen LogP contribution >= 0.6 is 11.3 Å². The molecule has 8 nitrogen and oxygen atoms in total. The molecule has 164 valence electrons. The minimum Gasteiger partial charge on any atom is -0.497 e. The number of aryl methyl sites for hydroxylation is 1. The van der Waals surface area contributed by atoms with Crippen LogP contribution in [-0.4, -0.2) is 36.3 Å². The minimum absolute atomic E-state index is 0.0587. The summed E-state index contributed by atoms with van der Waals surface area (Å²) in [6.07, 6.45) is 1.81. The number of carbonyl (C=O) groups excluding carboxylic acids is 1. The first-order valence-corrected chi connectivity index (χ1v) is 10.9. The number of hydrogen-bond acceptors (Lipinski definition) is 7. The monoisotopic (exact) mass is 444 g/mol. The van der Waals surface area contributed by atoms with Gasteiger partial charge >= 0.3 is 11.7 Å². The summed E-state index contributed by atoms with van der Waals surface area (Å²) in [7, 11) is 3.08. The van der Waals surface area contributed by atoms with Crippen LogP contribution in [0.2, 0.25) is 0 Å². The van der Waals surface area contributed by atoms with Gasteiger partial charge in [-0.15, -0.1) is 11.3 Å². The molecule has 1 N–H and O–H groups in total. The topological polar surface area (TPSA) is 99.6 Å². The van der Waals surface area contributed by atoms with Crippen molar-refractivity contribution in [2.24, 2.45) is 5.92 Å². The molecular weight excluding hydrogens is 420 g/mol. The van der Waals surface area contributed by atoms with Gasteiger partial charge in [-0.1, -0.05) is 0 Å². The van der Waals surface area contributed by atoms with Gasteiger partial charge in [0.2, 0.25) is 0 Å². The second kappa shape index (κ2) is 8.58. The van der Waals surface area contributed by atoms with Gasteiger partial charge in [-0.2, -0.15) is 0 Å². The molecule has 31 heavy (non-hydrogen) atoms. The van der Waals surface area contributed by atoms with E-state index in [0.29, 0.717) is 53.1 Å². The predicted molar refractivity (Wildman–Crippen MR) is 118 cm³/mol. The van der Waals surface area contributed by atoms with Crippen LogP contribution < -0.4 is 20.7 Å². The molecule has 1 aromatic carbocycles. The van der Waals surface area contributed by atoms with Gasteiger partial charge in [-0.3, -0.25) is 19.1 Å². The van der Waals surface area contributed by atoms with E-state index in [9.17, 15) is 14.4 Å². The highest BCUT2D eigenvalue weighted by Gasteiger charge is 2.30. The molecule has 0 fully saturated rings. The molecule has 0 radical (unpaired) electrons. The van der Waals surface area contributed by atoms with Gasteiger partial charge in [0.05, 0.1) is 38.7 Å². The number of nitrogens with zero attached hydrogens (tertiary/aromatic N) is 1. The zero-order valence-electron chi connectivity index (χ0n) is 17.6. The third-order valence-electron chi connectivity index (χ3n) is 5.63. The van der Waals surface area contributed by atoms with Crippen molar-refractivity contribution >= 4 is 27.5 Å². The second-order valence-corrected chi connectivity index (χ2v) is 8.50. The Bertz CT molecular complexity index is 1260. The lowest BCUT2D eigenvalue weighted by molar-refractivity contribution is -0.148. The molecule has 1 atom stereocenters. The summed E-state index contributed by atoms with van der Waals surface area (Å²) < 4.78 is 17.0. The van der Waals surface area contributed by atoms with E-state index in [-0.39, 0.29) is 24.0 Å². The molecule has 0 saturated heterocycles. The maximum atomic E-state index is 13.4. The Kier molecular flexibility index (Phi) is 5.86. The lowest BCUT2D eigenvalue weighted by Crippen LogP contribution is -2.35. The largest absolute Gasteiger partial charge is 0.497 e. The summed E-state index contributed by atoms with van der Waals surface area (Å²) in [5.74, 6) is 0.640. The Morgan fingerprint density at radius 3 is 2.77 bits per heavy atom. The normalized spacial score (nSPS) is 15.5. The zero-order chi connectivity index (χ0) is 22.1. The van der Waals surface area contributed by atoms with E-state index in [1.807, 2.05) is 0 Å². The van der Waals surface area contributed by atoms with E-state index in [2.05, 4.69) is 4.98 Å². The van der Waals surface area contributed by atoms with Crippen molar-refractivity contribution in [2.45, 2.75) is 32.7 Å². The molecule has 0 spiro atoms. The Morgan fingerprint density at radius 2 is 2.06 bits per heavy atom. The summed E-state index contributed by atoms with van der Waals surface area (Å²) in [4.78, 5) is 42.8. The first-order chi connectivity index (χ1) is 15.0. The Hall–Kier alpha value is -3.07. The predicted octanol–water partition coefficient (Wildman–Crippen LogP) is 2.48. The number of H-pyrrole nitrogens is 1. The van der Waals surface area contributed by atoms with Crippen molar-refractivity contribution in [1.82, 2.24) is 9.55 Å². The summed E-state index contributed by atoms with van der Waals surface area (Å²) in [5.41, 5.74) is 0.694. The number of nitrogens with one attached hydrogen (secondary N) is 1. The number of carbonyl (C=O) groups is 1. The molecular formula is C22H24N2O6S. The molecule has 0 aliphatic heterocycles. The van der Waals surface area contributed by atoms with E-state index >= 15 is 0 Å². The number of esters is 1. The highest BCUT2D eigenvalue weighted by molar-refractivity contribution is 7.18. The van der Waals surface area contributed by atoms with Crippen molar-refractivity contribution < 1.29 is 19.0 Å². The molecule has 4 rings (SSSR count). The van der Waals surface area contributed by atoms with Gasteiger partial charge in [0.25, 0.3) is 5.56 Å². The molecule has 0 saturated carbocycles. The van der Waals surface area contributed by atoms with Gasteiger partial charge < -0.3 is 14.2 Å². The highest BCUT2D eigenvalue weighted by atomic mass is 32.1. The van der Waals surface area contributed by atoms with Crippen LogP contribution in [-0.2, 0) is 28.9 Å². The molecule has 3 aromatic rings. The number of thiophene rings is 1.